The molecule has 0 spiro atoms. The van der Waals surface area contributed by atoms with Crippen molar-refractivity contribution in [1.29, 1.82) is 0 Å². The van der Waals surface area contributed by atoms with Crippen molar-refractivity contribution < 1.29 is 4.79 Å². The number of hydrogen-bond acceptors (Lipinski definition) is 3. The van der Waals surface area contributed by atoms with Crippen LogP contribution in [-0.4, -0.2) is 18.5 Å². The molecule has 0 saturated heterocycles. The van der Waals surface area contributed by atoms with E-state index in [1.165, 1.54) is 5.56 Å². The Morgan fingerprint density at radius 2 is 1.86 bits per heavy atom. The fourth-order valence-electron chi connectivity index (χ4n) is 2.65. The first-order chi connectivity index (χ1) is 10.2. The molecule has 0 saturated carbocycles. The summed E-state index contributed by atoms with van der Waals surface area (Å²) in [6.07, 6.45) is 0.830. The Balaban J connectivity index is 1.64. The Bertz CT molecular complexity index is 627. The molecule has 1 aliphatic heterocycles. The second-order valence-electron chi connectivity index (χ2n) is 5.34. The Hall–Kier alpha value is -2.33. The van der Waals surface area contributed by atoms with Gasteiger partial charge in [0, 0.05) is 12.2 Å². The molecule has 1 amide bonds. The molecule has 4 heteroatoms. The Kier molecular flexibility index (Phi) is 3.88. The second kappa shape index (κ2) is 5.97. The monoisotopic (exact) mass is 281 g/mol. The lowest BCUT2D eigenvalue weighted by molar-refractivity contribution is -0.123. The highest BCUT2D eigenvalue weighted by molar-refractivity contribution is 5.83. The van der Waals surface area contributed by atoms with E-state index in [4.69, 9.17) is 5.73 Å². The van der Waals surface area contributed by atoms with Crippen molar-refractivity contribution in [3.8, 4) is 0 Å². The molecular weight excluding hydrogens is 262 g/mol. The summed E-state index contributed by atoms with van der Waals surface area (Å²) in [4.78, 5) is 12.3. The summed E-state index contributed by atoms with van der Waals surface area (Å²) in [7, 11) is 0. The summed E-state index contributed by atoms with van der Waals surface area (Å²) in [5, 5.41) is 6.37. The van der Waals surface area contributed by atoms with Crippen LogP contribution in [0.25, 0.3) is 0 Å². The third-order valence-corrected chi connectivity index (χ3v) is 3.81. The van der Waals surface area contributed by atoms with Crippen LogP contribution in [0.15, 0.2) is 54.6 Å². The molecule has 2 aromatic carbocycles. The van der Waals surface area contributed by atoms with E-state index >= 15 is 0 Å². The Labute approximate surface area is 124 Å². The molecule has 0 radical (unpaired) electrons. The maximum atomic E-state index is 12.3. The van der Waals surface area contributed by atoms with E-state index in [0.29, 0.717) is 0 Å². The maximum Gasteiger partial charge on any atom is 0.241 e. The number of benzene rings is 2. The predicted octanol–water partition coefficient (Wildman–Crippen LogP) is 1.84. The van der Waals surface area contributed by atoms with Crippen molar-refractivity contribution in [2.75, 3.05) is 11.9 Å². The number of nitrogens with two attached hydrogens (primary N) is 1. The highest BCUT2D eigenvalue weighted by Crippen LogP contribution is 2.21. The molecular formula is C17H19N3O. The highest BCUT2D eigenvalue weighted by atomic mass is 16.2. The first-order valence-corrected chi connectivity index (χ1v) is 7.17. The van der Waals surface area contributed by atoms with Gasteiger partial charge in [-0.1, -0.05) is 48.5 Å². The van der Waals surface area contributed by atoms with Gasteiger partial charge in [-0.05, 0) is 23.6 Å². The van der Waals surface area contributed by atoms with Gasteiger partial charge in [0.2, 0.25) is 5.91 Å². The number of carbonyl (C=O) groups is 1. The standard InChI is InChI=1S/C17H19N3O/c18-16(12-6-2-1-3-7-12)17(21)20-14-10-13-8-4-5-9-15(13)19-11-14/h1-9,14,16,19H,10-11,18H2,(H,20,21)/t14-,16+/m0/s1. The smallest absolute Gasteiger partial charge is 0.241 e. The lowest BCUT2D eigenvalue weighted by Gasteiger charge is -2.28. The van der Waals surface area contributed by atoms with Crippen LogP contribution in [0.3, 0.4) is 0 Å². The van der Waals surface area contributed by atoms with Gasteiger partial charge in [-0.25, -0.2) is 0 Å². The number of para-hydroxylation sites is 1. The van der Waals surface area contributed by atoms with Crippen LogP contribution in [-0.2, 0) is 11.2 Å². The molecule has 4 N–H and O–H groups in total. The van der Waals surface area contributed by atoms with E-state index in [2.05, 4.69) is 22.8 Å². The van der Waals surface area contributed by atoms with Gasteiger partial charge in [0.15, 0.2) is 0 Å². The molecule has 0 unspecified atom stereocenters. The predicted molar refractivity (Wildman–Crippen MR) is 83.9 cm³/mol. The fourth-order valence-corrected chi connectivity index (χ4v) is 2.65. The van der Waals surface area contributed by atoms with Crippen LogP contribution in [0.5, 0.6) is 0 Å². The van der Waals surface area contributed by atoms with Crippen molar-refractivity contribution in [3.63, 3.8) is 0 Å². The van der Waals surface area contributed by atoms with E-state index in [1.807, 2.05) is 42.5 Å². The van der Waals surface area contributed by atoms with E-state index < -0.39 is 6.04 Å². The van der Waals surface area contributed by atoms with Crippen molar-refractivity contribution in [3.05, 3.63) is 65.7 Å². The highest BCUT2D eigenvalue weighted by Gasteiger charge is 2.22. The largest absolute Gasteiger partial charge is 0.383 e. The van der Waals surface area contributed by atoms with Crippen molar-refractivity contribution >= 4 is 11.6 Å². The van der Waals surface area contributed by atoms with E-state index in [1.54, 1.807) is 0 Å². The van der Waals surface area contributed by atoms with Crippen LogP contribution in [0.2, 0.25) is 0 Å². The quantitative estimate of drug-likeness (QED) is 0.804. The number of rotatable bonds is 3. The van der Waals surface area contributed by atoms with Gasteiger partial charge in [0.1, 0.15) is 6.04 Å². The van der Waals surface area contributed by atoms with E-state index in [0.717, 1.165) is 24.2 Å². The lowest BCUT2D eigenvalue weighted by atomic mass is 9.99. The van der Waals surface area contributed by atoms with Gasteiger partial charge in [-0.2, -0.15) is 0 Å². The summed E-state index contributed by atoms with van der Waals surface area (Å²) in [5.74, 6) is -0.132. The molecule has 0 bridgehead atoms. The van der Waals surface area contributed by atoms with Crippen LogP contribution in [0.1, 0.15) is 17.2 Å². The first kappa shape index (κ1) is 13.6. The molecule has 21 heavy (non-hydrogen) atoms. The molecule has 2 aromatic rings. The third kappa shape index (κ3) is 3.06. The minimum absolute atomic E-state index is 0.0714. The summed E-state index contributed by atoms with van der Waals surface area (Å²) in [6.45, 7) is 0.726. The third-order valence-electron chi connectivity index (χ3n) is 3.81. The number of nitrogens with one attached hydrogen (secondary N) is 2. The van der Waals surface area contributed by atoms with Gasteiger partial charge in [-0.15, -0.1) is 0 Å². The molecule has 0 aromatic heterocycles. The first-order valence-electron chi connectivity index (χ1n) is 7.17. The SMILES string of the molecule is N[C@@H](C(=O)N[C@@H]1CNc2ccccc2C1)c1ccccc1. The molecule has 4 nitrogen and oxygen atoms in total. The zero-order chi connectivity index (χ0) is 14.7. The summed E-state index contributed by atoms with van der Waals surface area (Å²) in [6, 6.07) is 17.1. The van der Waals surface area contributed by atoms with Crippen molar-refractivity contribution in [2.24, 2.45) is 5.73 Å². The normalized spacial score (nSPS) is 18.2. The molecule has 0 aliphatic carbocycles. The summed E-state index contributed by atoms with van der Waals surface area (Å²) < 4.78 is 0. The lowest BCUT2D eigenvalue weighted by Crippen LogP contribution is -2.46. The second-order valence-corrected chi connectivity index (χ2v) is 5.34. The zero-order valence-electron chi connectivity index (χ0n) is 11.8. The van der Waals surface area contributed by atoms with Crippen LogP contribution in [0, 0.1) is 0 Å². The molecule has 3 rings (SSSR count). The summed E-state index contributed by atoms with van der Waals surface area (Å²) in [5.41, 5.74) is 9.22. The van der Waals surface area contributed by atoms with E-state index in [9.17, 15) is 4.79 Å². The zero-order valence-corrected chi connectivity index (χ0v) is 11.8. The number of carbonyl (C=O) groups excluding carboxylic acids is 1. The van der Waals surface area contributed by atoms with Crippen LogP contribution < -0.4 is 16.4 Å². The van der Waals surface area contributed by atoms with Gasteiger partial charge in [0.25, 0.3) is 0 Å². The number of hydrogen-bond donors (Lipinski definition) is 3. The molecule has 0 fully saturated rings. The number of anilines is 1. The van der Waals surface area contributed by atoms with Crippen molar-refractivity contribution in [1.82, 2.24) is 5.32 Å². The number of amides is 1. The minimum Gasteiger partial charge on any atom is -0.383 e. The Morgan fingerprint density at radius 3 is 2.67 bits per heavy atom. The topological polar surface area (TPSA) is 67.2 Å². The molecule has 1 heterocycles. The minimum atomic E-state index is -0.622. The average molecular weight is 281 g/mol. The Morgan fingerprint density at radius 1 is 1.14 bits per heavy atom. The molecule has 1 aliphatic rings. The van der Waals surface area contributed by atoms with Gasteiger partial charge >= 0.3 is 0 Å². The van der Waals surface area contributed by atoms with Gasteiger partial charge < -0.3 is 16.4 Å². The molecule has 2 atom stereocenters. The van der Waals surface area contributed by atoms with E-state index in [-0.39, 0.29) is 11.9 Å². The number of fused-ring (bicyclic) bond motifs is 1. The average Bonchev–Trinajstić information content (AvgIpc) is 2.55. The summed E-state index contributed by atoms with van der Waals surface area (Å²) >= 11 is 0. The maximum absolute atomic E-state index is 12.3. The van der Waals surface area contributed by atoms with Crippen molar-refractivity contribution in [2.45, 2.75) is 18.5 Å². The van der Waals surface area contributed by atoms with Crippen LogP contribution >= 0.6 is 0 Å². The fraction of sp³-hybridized carbons (Fsp3) is 0.235. The van der Waals surface area contributed by atoms with Gasteiger partial charge in [0.05, 0.1) is 6.04 Å². The van der Waals surface area contributed by atoms with Crippen LogP contribution in [0.4, 0.5) is 5.69 Å². The van der Waals surface area contributed by atoms with Gasteiger partial charge in [-0.3, -0.25) is 4.79 Å². The molecule has 108 valence electrons.